The summed E-state index contributed by atoms with van der Waals surface area (Å²) in [7, 11) is 0. The number of benzene rings is 2. The van der Waals surface area contributed by atoms with Crippen LogP contribution in [0.2, 0.25) is 0 Å². The third-order valence-electron chi connectivity index (χ3n) is 4.57. The Balaban J connectivity index is 1.85. The van der Waals surface area contributed by atoms with Crippen molar-refractivity contribution < 1.29 is 9.59 Å². The molecular weight excluding hydrogens is 406 g/mol. The van der Waals surface area contributed by atoms with Crippen LogP contribution < -0.4 is 15.5 Å². The fourth-order valence-corrected chi connectivity index (χ4v) is 3.60. The number of anilines is 2. The van der Waals surface area contributed by atoms with Gasteiger partial charge in [0, 0.05) is 41.0 Å². The summed E-state index contributed by atoms with van der Waals surface area (Å²) >= 11 is 3.38. The summed E-state index contributed by atoms with van der Waals surface area (Å²) in [6.45, 7) is 4.57. The Hall–Kier alpha value is -2.34. The van der Waals surface area contributed by atoms with Gasteiger partial charge >= 0.3 is 0 Å². The molecule has 142 valence electrons. The molecule has 2 aromatic carbocycles. The smallest absolute Gasteiger partial charge is 0.255 e. The maximum atomic E-state index is 12.7. The summed E-state index contributed by atoms with van der Waals surface area (Å²) in [5.41, 5.74) is 2.72. The molecule has 1 aliphatic heterocycles. The van der Waals surface area contributed by atoms with Gasteiger partial charge in [-0.05, 0) is 55.7 Å². The molecule has 27 heavy (non-hydrogen) atoms. The van der Waals surface area contributed by atoms with Gasteiger partial charge in [0.15, 0.2) is 0 Å². The van der Waals surface area contributed by atoms with E-state index in [-0.39, 0.29) is 11.8 Å². The highest BCUT2D eigenvalue weighted by molar-refractivity contribution is 9.10. The molecule has 5 nitrogen and oxygen atoms in total. The van der Waals surface area contributed by atoms with Crippen LogP contribution in [-0.4, -0.2) is 31.4 Å². The molecular formula is C21H24BrN3O2. The Morgan fingerprint density at radius 3 is 2.56 bits per heavy atom. The summed E-state index contributed by atoms with van der Waals surface area (Å²) < 4.78 is 0.846. The monoisotopic (exact) mass is 429 g/mol. The van der Waals surface area contributed by atoms with E-state index in [1.54, 1.807) is 18.2 Å². The Labute approximate surface area is 168 Å². The molecule has 1 saturated heterocycles. The zero-order valence-electron chi connectivity index (χ0n) is 15.4. The molecule has 0 bridgehead atoms. The predicted molar refractivity (Wildman–Crippen MR) is 113 cm³/mol. The molecule has 0 spiro atoms. The van der Waals surface area contributed by atoms with Crippen LogP contribution >= 0.6 is 15.9 Å². The van der Waals surface area contributed by atoms with Crippen molar-refractivity contribution in [3.8, 4) is 0 Å². The largest absolute Gasteiger partial charge is 0.371 e. The van der Waals surface area contributed by atoms with Crippen LogP contribution in [0.1, 0.15) is 46.9 Å². The van der Waals surface area contributed by atoms with Crippen molar-refractivity contribution in [3.05, 3.63) is 58.1 Å². The highest BCUT2D eigenvalue weighted by Crippen LogP contribution is 2.28. The van der Waals surface area contributed by atoms with Crippen molar-refractivity contribution >= 4 is 39.1 Å². The Bertz CT molecular complexity index is 832. The van der Waals surface area contributed by atoms with E-state index in [4.69, 9.17) is 0 Å². The lowest BCUT2D eigenvalue weighted by Gasteiger charge is -2.22. The number of carbonyl (C=O) groups is 2. The first-order valence-corrected chi connectivity index (χ1v) is 10.1. The van der Waals surface area contributed by atoms with Crippen LogP contribution in [0.4, 0.5) is 11.4 Å². The van der Waals surface area contributed by atoms with E-state index in [2.05, 4.69) is 31.5 Å². The Morgan fingerprint density at radius 2 is 1.85 bits per heavy atom. The van der Waals surface area contributed by atoms with E-state index >= 15 is 0 Å². The van der Waals surface area contributed by atoms with Crippen molar-refractivity contribution in [2.45, 2.75) is 26.2 Å². The van der Waals surface area contributed by atoms with Gasteiger partial charge in [-0.1, -0.05) is 28.9 Å². The van der Waals surface area contributed by atoms with Gasteiger partial charge in [-0.3, -0.25) is 9.59 Å². The summed E-state index contributed by atoms with van der Waals surface area (Å²) in [5, 5.41) is 5.84. The number of hydrogen-bond acceptors (Lipinski definition) is 3. The SMILES string of the molecule is CCCNC(=O)c1cc(NC(=O)c2cccc(Br)c2)ccc1N1CCCC1. The second-order valence-corrected chi connectivity index (χ2v) is 7.56. The number of rotatable bonds is 6. The molecule has 0 aliphatic carbocycles. The average molecular weight is 430 g/mol. The first kappa shape index (κ1) is 19.4. The summed E-state index contributed by atoms with van der Waals surface area (Å²) in [6, 6.07) is 12.8. The van der Waals surface area contributed by atoms with Gasteiger partial charge in [0.25, 0.3) is 11.8 Å². The van der Waals surface area contributed by atoms with Crippen molar-refractivity contribution in [2.24, 2.45) is 0 Å². The lowest BCUT2D eigenvalue weighted by atomic mass is 10.1. The molecule has 0 aromatic heterocycles. The van der Waals surface area contributed by atoms with Crippen molar-refractivity contribution in [1.29, 1.82) is 0 Å². The van der Waals surface area contributed by atoms with E-state index in [0.29, 0.717) is 23.4 Å². The van der Waals surface area contributed by atoms with E-state index in [0.717, 1.165) is 42.5 Å². The van der Waals surface area contributed by atoms with Crippen LogP contribution in [0.5, 0.6) is 0 Å². The molecule has 3 rings (SSSR count). The zero-order chi connectivity index (χ0) is 19.2. The highest BCUT2D eigenvalue weighted by atomic mass is 79.9. The molecule has 0 atom stereocenters. The van der Waals surface area contributed by atoms with Crippen molar-refractivity contribution in [1.82, 2.24) is 5.32 Å². The fourth-order valence-electron chi connectivity index (χ4n) is 3.20. The fraction of sp³-hybridized carbons (Fsp3) is 0.333. The Morgan fingerprint density at radius 1 is 1.07 bits per heavy atom. The van der Waals surface area contributed by atoms with Gasteiger partial charge in [-0.2, -0.15) is 0 Å². The number of carbonyl (C=O) groups excluding carboxylic acids is 2. The van der Waals surface area contributed by atoms with E-state index in [9.17, 15) is 9.59 Å². The van der Waals surface area contributed by atoms with E-state index < -0.39 is 0 Å². The van der Waals surface area contributed by atoms with Crippen LogP contribution in [0.25, 0.3) is 0 Å². The second-order valence-electron chi connectivity index (χ2n) is 6.65. The molecule has 0 unspecified atom stereocenters. The highest BCUT2D eigenvalue weighted by Gasteiger charge is 2.20. The molecule has 2 aromatic rings. The minimum atomic E-state index is -0.204. The molecule has 0 saturated carbocycles. The van der Waals surface area contributed by atoms with Crippen molar-refractivity contribution in [3.63, 3.8) is 0 Å². The minimum absolute atomic E-state index is 0.0997. The molecule has 2 N–H and O–H groups in total. The normalized spacial score (nSPS) is 13.5. The third-order valence-corrected chi connectivity index (χ3v) is 5.06. The lowest BCUT2D eigenvalue weighted by Crippen LogP contribution is -2.28. The number of nitrogens with one attached hydrogen (secondary N) is 2. The molecule has 6 heteroatoms. The maximum absolute atomic E-state index is 12.7. The van der Waals surface area contributed by atoms with Gasteiger partial charge in [-0.15, -0.1) is 0 Å². The molecule has 1 heterocycles. The molecule has 1 fully saturated rings. The van der Waals surface area contributed by atoms with Crippen molar-refractivity contribution in [2.75, 3.05) is 29.9 Å². The number of nitrogens with zero attached hydrogens (tertiary/aromatic N) is 1. The third kappa shape index (κ3) is 4.89. The first-order chi connectivity index (χ1) is 13.1. The topological polar surface area (TPSA) is 61.4 Å². The quantitative estimate of drug-likeness (QED) is 0.713. The lowest BCUT2D eigenvalue weighted by molar-refractivity contribution is 0.0952. The zero-order valence-corrected chi connectivity index (χ0v) is 17.0. The van der Waals surface area contributed by atoms with Gasteiger partial charge in [0.05, 0.1) is 5.56 Å². The minimum Gasteiger partial charge on any atom is -0.371 e. The van der Waals surface area contributed by atoms with E-state index in [1.165, 1.54) is 0 Å². The molecule has 0 radical (unpaired) electrons. The summed E-state index contributed by atoms with van der Waals surface area (Å²) in [6.07, 6.45) is 3.15. The predicted octanol–water partition coefficient (Wildman–Crippen LogP) is 4.44. The van der Waals surface area contributed by atoms with Gasteiger partial charge in [0.1, 0.15) is 0 Å². The van der Waals surface area contributed by atoms with Gasteiger partial charge < -0.3 is 15.5 Å². The molecule has 2 amide bonds. The van der Waals surface area contributed by atoms with Crippen LogP contribution in [0, 0.1) is 0 Å². The first-order valence-electron chi connectivity index (χ1n) is 9.32. The van der Waals surface area contributed by atoms with E-state index in [1.807, 2.05) is 31.2 Å². The number of hydrogen-bond donors (Lipinski definition) is 2. The summed E-state index contributed by atoms with van der Waals surface area (Å²) in [5.74, 6) is -0.303. The van der Waals surface area contributed by atoms with Crippen LogP contribution in [0.3, 0.4) is 0 Å². The van der Waals surface area contributed by atoms with Gasteiger partial charge in [0.2, 0.25) is 0 Å². The van der Waals surface area contributed by atoms with Gasteiger partial charge in [-0.25, -0.2) is 0 Å². The summed E-state index contributed by atoms with van der Waals surface area (Å²) in [4.78, 5) is 27.4. The number of halogens is 1. The second kappa shape index (κ2) is 9.04. The number of amides is 2. The Kier molecular flexibility index (Phi) is 6.50. The molecule has 1 aliphatic rings. The standard InChI is InChI=1S/C21H24BrN3O2/c1-2-10-23-21(27)18-14-17(8-9-19(18)25-11-3-4-12-25)24-20(26)15-6-5-7-16(22)13-15/h5-9,13-14H,2-4,10-12H2,1H3,(H,23,27)(H,24,26). The van der Waals surface area contributed by atoms with Crippen LogP contribution in [-0.2, 0) is 0 Å². The van der Waals surface area contributed by atoms with Crippen LogP contribution in [0.15, 0.2) is 46.9 Å². The average Bonchev–Trinajstić information content (AvgIpc) is 3.20. The maximum Gasteiger partial charge on any atom is 0.255 e.